The molecular formula is C19H23N7O2. The minimum absolute atomic E-state index is 0.277. The van der Waals surface area contributed by atoms with Gasteiger partial charge in [0.25, 0.3) is 0 Å². The fourth-order valence-electron chi connectivity index (χ4n) is 2.60. The zero-order valence-corrected chi connectivity index (χ0v) is 16.1. The molecule has 2 aromatic heterocycles. The molecule has 0 radical (unpaired) electrons. The third-order valence-electron chi connectivity index (χ3n) is 3.96. The third-order valence-corrected chi connectivity index (χ3v) is 3.96. The van der Waals surface area contributed by atoms with Crippen LogP contribution in [0.2, 0.25) is 0 Å². The summed E-state index contributed by atoms with van der Waals surface area (Å²) in [6.07, 6.45) is 3.58. The Morgan fingerprint density at radius 2 is 1.93 bits per heavy atom. The van der Waals surface area contributed by atoms with Gasteiger partial charge < -0.3 is 20.7 Å². The summed E-state index contributed by atoms with van der Waals surface area (Å²) in [5.41, 5.74) is 0.693. The minimum atomic E-state index is -0.277. The smallest absolute Gasteiger partial charge is 0.319 e. The van der Waals surface area contributed by atoms with E-state index < -0.39 is 0 Å². The van der Waals surface area contributed by atoms with E-state index in [0.29, 0.717) is 30.4 Å². The second kappa shape index (κ2) is 8.85. The molecule has 0 saturated carbocycles. The summed E-state index contributed by atoms with van der Waals surface area (Å²) in [4.78, 5) is 25.0. The molecule has 0 saturated heterocycles. The van der Waals surface area contributed by atoms with E-state index >= 15 is 0 Å². The summed E-state index contributed by atoms with van der Waals surface area (Å²) < 4.78 is 6.98. The molecule has 0 fully saturated rings. The zero-order valence-electron chi connectivity index (χ0n) is 16.1. The van der Waals surface area contributed by atoms with Crippen molar-refractivity contribution in [1.29, 1.82) is 0 Å². The molecule has 9 nitrogen and oxygen atoms in total. The highest BCUT2D eigenvalue weighted by molar-refractivity contribution is 5.89. The molecule has 2 amide bonds. The molecule has 0 aliphatic carbocycles. The first-order valence-corrected chi connectivity index (χ1v) is 8.84. The van der Waals surface area contributed by atoms with Crippen LogP contribution < -0.4 is 20.7 Å². The van der Waals surface area contributed by atoms with E-state index in [0.717, 1.165) is 17.4 Å². The van der Waals surface area contributed by atoms with Gasteiger partial charge in [-0.2, -0.15) is 0 Å². The van der Waals surface area contributed by atoms with Crippen LogP contribution >= 0.6 is 0 Å². The summed E-state index contributed by atoms with van der Waals surface area (Å²) in [5.74, 6) is 3.67. The third kappa shape index (κ3) is 4.97. The lowest BCUT2D eigenvalue weighted by molar-refractivity contribution is 0.252. The average molecular weight is 381 g/mol. The van der Waals surface area contributed by atoms with E-state index in [9.17, 15) is 4.79 Å². The number of benzene rings is 1. The van der Waals surface area contributed by atoms with E-state index in [1.807, 2.05) is 30.7 Å². The summed E-state index contributed by atoms with van der Waals surface area (Å²) in [6.45, 7) is 4.71. The molecule has 146 valence electrons. The molecule has 0 atom stereocenters. The second-order valence-corrected chi connectivity index (χ2v) is 6.04. The first-order valence-electron chi connectivity index (χ1n) is 8.84. The summed E-state index contributed by atoms with van der Waals surface area (Å²) in [6, 6.07) is 8.70. The number of aryl methyl sites for hydroxylation is 2. The zero-order chi connectivity index (χ0) is 19.9. The predicted molar refractivity (Wildman–Crippen MR) is 107 cm³/mol. The number of nitrogens with zero attached hydrogens (tertiary/aromatic N) is 4. The molecule has 0 aliphatic heterocycles. The molecule has 0 unspecified atom stereocenters. The van der Waals surface area contributed by atoms with Crippen molar-refractivity contribution >= 4 is 17.5 Å². The number of imidazole rings is 1. The van der Waals surface area contributed by atoms with Crippen LogP contribution in [0, 0.1) is 13.8 Å². The number of nitrogens with one attached hydrogen (secondary N) is 3. The van der Waals surface area contributed by atoms with E-state index in [-0.39, 0.29) is 6.03 Å². The normalized spacial score (nSPS) is 10.4. The van der Waals surface area contributed by atoms with Gasteiger partial charge >= 0.3 is 6.03 Å². The van der Waals surface area contributed by atoms with Gasteiger partial charge in [-0.05, 0) is 38.1 Å². The van der Waals surface area contributed by atoms with Gasteiger partial charge in [-0.25, -0.2) is 19.7 Å². The van der Waals surface area contributed by atoms with Gasteiger partial charge in [0, 0.05) is 37.2 Å². The number of rotatable bonds is 7. The molecule has 0 bridgehead atoms. The van der Waals surface area contributed by atoms with Crippen molar-refractivity contribution in [3.8, 4) is 11.6 Å². The van der Waals surface area contributed by atoms with E-state index in [1.54, 1.807) is 37.6 Å². The van der Waals surface area contributed by atoms with Gasteiger partial charge in [-0.3, -0.25) is 4.57 Å². The Bertz CT molecular complexity index is 938. The lowest BCUT2D eigenvalue weighted by atomic mass is 10.3. The van der Waals surface area contributed by atoms with Gasteiger partial charge in [0.15, 0.2) is 0 Å². The maximum atomic E-state index is 12.0. The molecule has 9 heteroatoms. The van der Waals surface area contributed by atoms with Crippen molar-refractivity contribution < 1.29 is 9.53 Å². The monoisotopic (exact) mass is 381 g/mol. The van der Waals surface area contributed by atoms with Crippen LogP contribution in [0.4, 0.5) is 16.3 Å². The number of carbonyl (C=O) groups is 1. The molecule has 3 N–H and O–H groups in total. The fourth-order valence-corrected chi connectivity index (χ4v) is 2.60. The van der Waals surface area contributed by atoms with Crippen LogP contribution in [0.25, 0.3) is 5.82 Å². The summed E-state index contributed by atoms with van der Waals surface area (Å²) in [5, 5.41) is 8.76. The Morgan fingerprint density at radius 1 is 1.14 bits per heavy atom. The average Bonchev–Trinajstić information content (AvgIpc) is 3.11. The lowest BCUT2D eigenvalue weighted by Crippen LogP contribution is -2.32. The van der Waals surface area contributed by atoms with Crippen molar-refractivity contribution in [1.82, 2.24) is 24.8 Å². The molecular weight excluding hydrogens is 358 g/mol. The molecule has 2 heterocycles. The van der Waals surface area contributed by atoms with E-state index in [1.165, 1.54) is 0 Å². The van der Waals surface area contributed by atoms with Crippen LogP contribution in [0.15, 0.2) is 42.7 Å². The van der Waals surface area contributed by atoms with Crippen molar-refractivity contribution in [2.45, 2.75) is 13.8 Å². The van der Waals surface area contributed by atoms with Crippen molar-refractivity contribution in [2.24, 2.45) is 0 Å². The minimum Gasteiger partial charge on any atom is -0.497 e. The quantitative estimate of drug-likeness (QED) is 0.543. The Hall–Kier alpha value is -3.62. The highest BCUT2D eigenvalue weighted by Gasteiger charge is 2.06. The number of aromatic nitrogens is 4. The van der Waals surface area contributed by atoms with Gasteiger partial charge in [0.05, 0.1) is 7.11 Å². The number of ether oxygens (including phenoxy) is 1. The molecule has 0 spiro atoms. The Labute approximate surface area is 163 Å². The van der Waals surface area contributed by atoms with Crippen LogP contribution in [-0.2, 0) is 0 Å². The number of hydrogen-bond acceptors (Lipinski definition) is 6. The highest BCUT2D eigenvalue weighted by Crippen LogP contribution is 2.15. The van der Waals surface area contributed by atoms with Crippen molar-refractivity contribution in [2.75, 3.05) is 30.8 Å². The topological polar surface area (TPSA) is 106 Å². The van der Waals surface area contributed by atoms with Crippen LogP contribution in [-0.4, -0.2) is 45.7 Å². The lowest BCUT2D eigenvalue weighted by Gasteiger charge is -2.11. The number of carbonyl (C=O) groups excluding carboxylic acids is 1. The fraction of sp³-hybridized carbons (Fsp3) is 0.263. The summed E-state index contributed by atoms with van der Waals surface area (Å²) in [7, 11) is 1.60. The van der Waals surface area contributed by atoms with E-state index in [2.05, 4.69) is 30.9 Å². The maximum absolute atomic E-state index is 12.0. The van der Waals surface area contributed by atoms with Crippen molar-refractivity contribution in [3.63, 3.8) is 0 Å². The SMILES string of the molecule is COc1ccc(NC(=O)NCCNc2cc(-n3ccnc3C)nc(C)n2)cc1. The molecule has 28 heavy (non-hydrogen) atoms. The van der Waals surface area contributed by atoms with Gasteiger partial charge in [0.2, 0.25) is 0 Å². The maximum Gasteiger partial charge on any atom is 0.319 e. The van der Waals surface area contributed by atoms with Crippen molar-refractivity contribution in [3.05, 3.63) is 54.4 Å². The molecule has 3 aromatic rings. The Kier molecular flexibility index (Phi) is 6.05. The number of urea groups is 1. The van der Waals surface area contributed by atoms with Gasteiger partial charge in [0.1, 0.15) is 29.0 Å². The summed E-state index contributed by atoms with van der Waals surface area (Å²) >= 11 is 0. The molecule has 1 aromatic carbocycles. The first-order chi connectivity index (χ1) is 13.5. The standard InChI is InChI=1S/C19H23N7O2/c1-13-23-17(12-18(24-13)26-11-10-20-14(26)2)21-8-9-22-19(27)25-15-4-6-16(28-3)7-5-15/h4-7,10-12H,8-9H2,1-3H3,(H,21,23,24)(H2,22,25,27). The number of hydrogen-bond donors (Lipinski definition) is 3. The predicted octanol–water partition coefficient (Wildman–Crippen LogP) is 2.52. The highest BCUT2D eigenvalue weighted by atomic mass is 16.5. The number of anilines is 2. The molecule has 0 aliphatic rings. The second-order valence-electron chi connectivity index (χ2n) is 6.04. The molecule has 3 rings (SSSR count). The number of amides is 2. The van der Waals surface area contributed by atoms with E-state index in [4.69, 9.17) is 4.74 Å². The largest absolute Gasteiger partial charge is 0.497 e. The van der Waals surface area contributed by atoms with Gasteiger partial charge in [-0.15, -0.1) is 0 Å². The van der Waals surface area contributed by atoms with Crippen LogP contribution in [0.1, 0.15) is 11.6 Å². The Morgan fingerprint density at radius 3 is 2.61 bits per heavy atom. The Balaban J connectivity index is 1.49. The van der Waals surface area contributed by atoms with Gasteiger partial charge in [-0.1, -0.05) is 0 Å². The van der Waals surface area contributed by atoms with Crippen LogP contribution in [0.3, 0.4) is 0 Å². The number of methoxy groups -OCH3 is 1. The first kappa shape index (κ1) is 19.2. The van der Waals surface area contributed by atoms with Crippen LogP contribution in [0.5, 0.6) is 5.75 Å².